The molecule has 0 spiro atoms. The summed E-state index contributed by atoms with van der Waals surface area (Å²) in [5, 5.41) is 0. The van der Waals surface area contributed by atoms with E-state index in [9.17, 15) is 4.79 Å². The highest BCUT2D eigenvalue weighted by Crippen LogP contribution is 2.46. The average molecular weight is 360 g/mol. The van der Waals surface area contributed by atoms with Gasteiger partial charge in [0, 0.05) is 12.1 Å². The number of carbonyl (C=O) groups is 1. The summed E-state index contributed by atoms with van der Waals surface area (Å²) in [7, 11) is 6.13. The number of hydrogen-bond donors (Lipinski definition) is 0. The Morgan fingerprint density at radius 1 is 0.885 bits per heavy atom. The van der Waals surface area contributed by atoms with Gasteiger partial charge < -0.3 is 28.4 Å². The van der Waals surface area contributed by atoms with E-state index in [2.05, 4.69) is 0 Å². The van der Waals surface area contributed by atoms with E-state index in [0.717, 1.165) is 5.56 Å². The van der Waals surface area contributed by atoms with E-state index in [1.54, 1.807) is 38.5 Å². The minimum absolute atomic E-state index is 0.0373. The molecule has 138 valence electrons. The number of ether oxygens (including phenoxy) is 6. The molecule has 0 saturated carbocycles. The lowest BCUT2D eigenvalue weighted by Gasteiger charge is -2.18. The van der Waals surface area contributed by atoms with Gasteiger partial charge in [0.2, 0.25) is 5.75 Å². The summed E-state index contributed by atoms with van der Waals surface area (Å²) in [6, 6.07) is 8.65. The van der Waals surface area contributed by atoms with Crippen molar-refractivity contribution in [1.82, 2.24) is 0 Å². The maximum Gasteiger partial charge on any atom is 0.315 e. The average Bonchev–Trinajstić information content (AvgIpc) is 2.84. The first-order valence-corrected chi connectivity index (χ1v) is 7.94. The molecule has 26 heavy (non-hydrogen) atoms. The Balaban J connectivity index is 2.02. The Morgan fingerprint density at radius 3 is 2.27 bits per heavy atom. The van der Waals surface area contributed by atoms with Crippen LogP contribution in [0.1, 0.15) is 18.1 Å². The third kappa shape index (κ3) is 3.33. The van der Waals surface area contributed by atoms with E-state index >= 15 is 0 Å². The van der Waals surface area contributed by atoms with E-state index in [0.29, 0.717) is 28.7 Å². The molecule has 0 saturated heterocycles. The van der Waals surface area contributed by atoms with E-state index < -0.39 is 12.1 Å². The van der Waals surface area contributed by atoms with Crippen molar-refractivity contribution >= 4 is 5.97 Å². The Labute approximate surface area is 151 Å². The van der Waals surface area contributed by atoms with Gasteiger partial charge in [-0.2, -0.15) is 0 Å². The predicted octanol–water partition coefficient (Wildman–Crippen LogP) is 3.15. The van der Waals surface area contributed by atoms with Crippen molar-refractivity contribution in [1.29, 1.82) is 0 Å². The lowest BCUT2D eigenvalue weighted by atomic mass is 10.1. The molecule has 0 aromatic heterocycles. The summed E-state index contributed by atoms with van der Waals surface area (Å²) in [4.78, 5) is 12.3. The van der Waals surface area contributed by atoms with E-state index in [1.165, 1.54) is 14.2 Å². The van der Waals surface area contributed by atoms with Gasteiger partial charge in [-0.05, 0) is 17.7 Å². The largest absolute Gasteiger partial charge is 0.496 e. The Hall–Kier alpha value is -3.09. The van der Waals surface area contributed by atoms with Crippen LogP contribution in [0.4, 0.5) is 0 Å². The van der Waals surface area contributed by atoms with Gasteiger partial charge in [0.1, 0.15) is 11.9 Å². The molecular weight excluding hydrogens is 340 g/mol. The SMILES string of the molecule is COc1cc(OC)c2c(c1)OC(c1ccc(OC)c(OC)c1)CC(=O)O2. The molecule has 1 heterocycles. The van der Waals surface area contributed by atoms with Crippen LogP contribution in [-0.4, -0.2) is 34.4 Å². The molecule has 7 heteroatoms. The number of esters is 1. The van der Waals surface area contributed by atoms with Crippen molar-refractivity contribution in [3.05, 3.63) is 35.9 Å². The summed E-state index contributed by atoms with van der Waals surface area (Å²) in [5.74, 6) is 2.22. The summed E-state index contributed by atoms with van der Waals surface area (Å²) in [5.41, 5.74) is 0.759. The van der Waals surface area contributed by atoms with Crippen LogP contribution in [0.15, 0.2) is 30.3 Å². The molecule has 0 amide bonds. The van der Waals surface area contributed by atoms with Gasteiger partial charge >= 0.3 is 5.97 Å². The molecule has 7 nitrogen and oxygen atoms in total. The first kappa shape index (κ1) is 17.7. The normalized spacial score (nSPS) is 15.8. The first-order valence-electron chi connectivity index (χ1n) is 7.94. The summed E-state index contributed by atoms with van der Waals surface area (Å²) < 4.78 is 32.6. The molecule has 0 aliphatic carbocycles. The zero-order chi connectivity index (χ0) is 18.7. The molecule has 2 aromatic rings. The second kappa shape index (κ2) is 7.43. The summed E-state index contributed by atoms with van der Waals surface area (Å²) >= 11 is 0. The Kier molecular flexibility index (Phi) is 5.06. The first-order chi connectivity index (χ1) is 12.6. The van der Waals surface area contributed by atoms with Crippen molar-refractivity contribution in [2.24, 2.45) is 0 Å². The fraction of sp³-hybridized carbons (Fsp3) is 0.316. The second-order valence-corrected chi connectivity index (χ2v) is 5.56. The smallest absolute Gasteiger partial charge is 0.315 e. The van der Waals surface area contributed by atoms with Crippen LogP contribution < -0.4 is 28.4 Å². The van der Waals surface area contributed by atoms with Gasteiger partial charge in [0.15, 0.2) is 23.0 Å². The van der Waals surface area contributed by atoms with Gasteiger partial charge in [0.25, 0.3) is 0 Å². The quantitative estimate of drug-likeness (QED) is 0.599. The standard InChI is InChI=1S/C19H20O7/c1-21-12-8-16(24-4)19-17(9-12)25-14(10-18(20)26-19)11-5-6-13(22-2)15(7-11)23-3/h5-9,14H,10H2,1-4H3. The van der Waals surface area contributed by atoms with Crippen LogP contribution in [0.25, 0.3) is 0 Å². The molecular formula is C19H20O7. The zero-order valence-corrected chi connectivity index (χ0v) is 15.0. The minimum atomic E-state index is -0.555. The van der Waals surface area contributed by atoms with Gasteiger partial charge in [-0.15, -0.1) is 0 Å². The van der Waals surface area contributed by atoms with Crippen LogP contribution in [0, 0.1) is 0 Å². The molecule has 3 rings (SSSR count). The Morgan fingerprint density at radius 2 is 1.62 bits per heavy atom. The fourth-order valence-electron chi connectivity index (χ4n) is 2.75. The number of rotatable bonds is 5. The summed E-state index contributed by atoms with van der Waals surface area (Å²) in [6.45, 7) is 0. The second-order valence-electron chi connectivity index (χ2n) is 5.56. The van der Waals surface area contributed by atoms with Crippen LogP contribution in [0.3, 0.4) is 0 Å². The highest BCUT2D eigenvalue weighted by Gasteiger charge is 2.29. The monoisotopic (exact) mass is 360 g/mol. The lowest BCUT2D eigenvalue weighted by Crippen LogP contribution is -2.13. The van der Waals surface area contributed by atoms with Crippen LogP contribution in [0.5, 0.6) is 34.5 Å². The van der Waals surface area contributed by atoms with Crippen molar-refractivity contribution in [2.45, 2.75) is 12.5 Å². The molecule has 1 atom stereocenters. The maximum absolute atomic E-state index is 12.3. The third-order valence-electron chi connectivity index (χ3n) is 4.07. The zero-order valence-electron chi connectivity index (χ0n) is 15.0. The number of benzene rings is 2. The Bertz CT molecular complexity index is 816. The predicted molar refractivity (Wildman–Crippen MR) is 92.7 cm³/mol. The van der Waals surface area contributed by atoms with Crippen molar-refractivity contribution in [3.63, 3.8) is 0 Å². The number of carbonyl (C=O) groups excluding carboxylic acids is 1. The fourth-order valence-corrected chi connectivity index (χ4v) is 2.75. The van der Waals surface area contributed by atoms with E-state index in [1.807, 2.05) is 6.07 Å². The highest BCUT2D eigenvalue weighted by molar-refractivity contribution is 5.77. The molecule has 0 bridgehead atoms. The number of methoxy groups -OCH3 is 4. The summed E-state index contributed by atoms with van der Waals surface area (Å²) in [6.07, 6.45) is -0.518. The van der Waals surface area contributed by atoms with Crippen molar-refractivity contribution in [3.8, 4) is 34.5 Å². The van der Waals surface area contributed by atoms with Gasteiger partial charge in [-0.1, -0.05) is 6.07 Å². The number of fused-ring (bicyclic) bond motifs is 1. The van der Waals surface area contributed by atoms with E-state index in [4.69, 9.17) is 28.4 Å². The molecule has 0 N–H and O–H groups in total. The van der Waals surface area contributed by atoms with Gasteiger partial charge in [-0.25, -0.2) is 0 Å². The molecule has 0 fully saturated rings. The van der Waals surface area contributed by atoms with Crippen LogP contribution >= 0.6 is 0 Å². The van der Waals surface area contributed by atoms with Crippen LogP contribution in [-0.2, 0) is 4.79 Å². The topological polar surface area (TPSA) is 72.5 Å². The van der Waals surface area contributed by atoms with Gasteiger partial charge in [0.05, 0.1) is 34.9 Å². The lowest BCUT2D eigenvalue weighted by molar-refractivity contribution is -0.135. The molecule has 1 aliphatic heterocycles. The minimum Gasteiger partial charge on any atom is -0.496 e. The van der Waals surface area contributed by atoms with Crippen LogP contribution in [0.2, 0.25) is 0 Å². The molecule has 1 aliphatic rings. The molecule has 1 unspecified atom stereocenters. The van der Waals surface area contributed by atoms with Crippen molar-refractivity contribution < 1.29 is 33.2 Å². The van der Waals surface area contributed by atoms with E-state index in [-0.39, 0.29) is 12.2 Å². The molecule has 0 radical (unpaired) electrons. The maximum atomic E-state index is 12.3. The van der Waals surface area contributed by atoms with Crippen molar-refractivity contribution in [2.75, 3.05) is 28.4 Å². The highest BCUT2D eigenvalue weighted by atomic mass is 16.6. The molecule has 2 aromatic carbocycles. The third-order valence-corrected chi connectivity index (χ3v) is 4.07. The number of hydrogen-bond acceptors (Lipinski definition) is 7. The van der Waals surface area contributed by atoms with Gasteiger partial charge in [-0.3, -0.25) is 4.79 Å².